The second kappa shape index (κ2) is 5.10. The monoisotopic (exact) mass is 252 g/mol. The topological polar surface area (TPSA) is 35.0 Å². The highest BCUT2D eigenvalue weighted by molar-refractivity contribution is 6.16. The number of hydrogen-bond acceptors (Lipinski definition) is 3. The first-order chi connectivity index (χ1) is 8.24. The van der Waals surface area contributed by atoms with Crippen molar-refractivity contribution in [3.8, 4) is 17.0 Å². The summed E-state index contributed by atoms with van der Waals surface area (Å²) in [6, 6.07) is 4.55. The molecule has 5 heteroatoms. The number of halogens is 2. The SMILES string of the molecule is COc1cc(-c2cnc(CCl)cn2)ccc1F. The second-order valence-corrected chi connectivity index (χ2v) is 3.64. The van der Waals surface area contributed by atoms with E-state index in [2.05, 4.69) is 9.97 Å². The van der Waals surface area contributed by atoms with Crippen molar-refractivity contribution in [3.05, 3.63) is 42.1 Å². The molecule has 1 aromatic heterocycles. The lowest BCUT2D eigenvalue weighted by Gasteiger charge is -2.05. The molecular formula is C12H10ClFN2O. The molecule has 0 radical (unpaired) electrons. The molecule has 1 aromatic carbocycles. The van der Waals surface area contributed by atoms with Gasteiger partial charge in [-0.3, -0.25) is 9.97 Å². The van der Waals surface area contributed by atoms with Crippen LogP contribution in [0.4, 0.5) is 4.39 Å². The third kappa shape index (κ3) is 2.53. The Labute approximate surface area is 103 Å². The van der Waals surface area contributed by atoms with Crippen molar-refractivity contribution in [2.75, 3.05) is 7.11 Å². The van der Waals surface area contributed by atoms with Crippen molar-refractivity contribution in [2.45, 2.75) is 5.88 Å². The van der Waals surface area contributed by atoms with Gasteiger partial charge in [-0.1, -0.05) is 0 Å². The predicted molar refractivity (Wildman–Crippen MR) is 63.5 cm³/mol. The first kappa shape index (κ1) is 11.8. The Morgan fingerprint density at radius 3 is 2.71 bits per heavy atom. The molecule has 0 aliphatic carbocycles. The fourth-order valence-corrected chi connectivity index (χ4v) is 1.53. The van der Waals surface area contributed by atoms with Crippen molar-refractivity contribution in [1.29, 1.82) is 0 Å². The van der Waals surface area contributed by atoms with Gasteiger partial charge >= 0.3 is 0 Å². The van der Waals surface area contributed by atoms with E-state index in [0.29, 0.717) is 17.3 Å². The Kier molecular flexibility index (Phi) is 3.54. The van der Waals surface area contributed by atoms with E-state index in [1.165, 1.54) is 13.2 Å². The van der Waals surface area contributed by atoms with E-state index in [1.54, 1.807) is 24.5 Å². The van der Waals surface area contributed by atoms with E-state index in [-0.39, 0.29) is 5.75 Å². The highest BCUT2D eigenvalue weighted by Crippen LogP contribution is 2.24. The van der Waals surface area contributed by atoms with Gasteiger partial charge in [0.1, 0.15) is 0 Å². The molecule has 0 aliphatic heterocycles. The van der Waals surface area contributed by atoms with Gasteiger partial charge in [0.15, 0.2) is 11.6 Å². The molecule has 0 aliphatic rings. The third-order valence-electron chi connectivity index (χ3n) is 2.29. The standard InChI is InChI=1S/C12H10ClFN2O/c1-17-12-4-8(2-3-10(12)14)11-7-15-9(5-13)6-16-11/h2-4,6-7H,5H2,1H3. The lowest BCUT2D eigenvalue weighted by molar-refractivity contribution is 0.387. The lowest BCUT2D eigenvalue weighted by atomic mass is 10.1. The summed E-state index contributed by atoms with van der Waals surface area (Å²) in [5, 5.41) is 0. The van der Waals surface area contributed by atoms with E-state index >= 15 is 0 Å². The quantitative estimate of drug-likeness (QED) is 0.788. The van der Waals surface area contributed by atoms with Crippen molar-refractivity contribution in [3.63, 3.8) is 0 Å². The first-order valence-corrected chi connectivity index (χ1v) is 5.49. The van der Waals surface area contributed by atoms with Crippen LogP contribution in [-0.4, -0.2) is 17.1 Å². The van der Waals surface area contributed by atoms with Crippen molar-refractivity contribution >= 4 is 11.6 Å². The van der Waals surface area contributed by atoms with Crippen LogP contribution in [0.25, 0.3) is 11.3 Å². The number of hydrogen-bond donors (Lipinski definition) is 0. The summed E-state index contributed by atoms with van der Waals surface area (Å²) in [4.78, 5) is 8.32. The smallest absolute Gasteiger partial charge is 0.165 e. The molecule has 0 fully saturated rings. The summed E-state index contributed by atoms with van der Waals surface area (Å²) in [6.07, 6.45) is 3.20. The molecule has 2 aromatic rings. The van der Waals surface area contributed by atoms with Gasteiger partial charge in [-0.15, -0.1) is 11.6 Å². The number of aromatic nitrogens is 2. The van der Waals surface area contributed by atoms with Gasteiger partial charge in [0.2, 0.25) is 0 Å². The van der Waals surface area contributed by atoms with Crippen LogP contribution in [-0.2, 0) is 5.88 Å². The Hall–Kier alpha value is -1.68. The van der Waals surface area contributed by atoms with Crippen molar-refractivity contribution in [2.24, 2.45) is 0 Å². The molecular weight excluding hydrogens is 243 g/mol. The van der Waals surface area contributed by atoms with Crippen LogP contribution in [0.3, 0.4) is 0 Å². The molecule has 3 nitrogen and oxygen atoms in total. The van der Waals surface area contributed by atoms with Gasteiger partial charge < -0.3 is 4.74 Å². The maximum Gasteiger partial charge on any atom is 0.165 e. The molecule has 88 valence electrons. The normalized spacial score (nSPS) is 10.3. The van der Waals surface area contributed by atoms with Crippen LogP contribution >= 0.6 is 11.6 Å². The van der Waals surface area contributed by atoms with Gasteiger partial charge in [-0.05, 0) is 18.2 Å². The summed E-state index contributed by atoms with van der Waals surface area (Å²) >= 11 is 5.62. The maximum atomic E-state index is 13.2. The van der Waals surface area contributed by atoms with Crippen LogP contribution in [0.5, 0.6) is 5.75 Å². The molecule has 0 amide bonds. The number of ether oxygens (including phenoxy) is 1. The van der Waals surface area contributed by atoms with Crippen LogP contribution in [0.15, 0.2) is 30.6 Å². The number of benzene rings is 1. The van der Waals surface area contributed by atoms with Crippen molar-refractivity contribution in [1.82, 2.24) is 9.97 Å². The van der Waals surface area contributed by atoms with E-state index in [0.717, 1.165) is 5.56 Å². The molecule has 0 atom stereocenters. The van der Waals surface area contributed by atoms with Gasteiger partial charge in [-0.2, -0.15) is 0 Å². The zero-order valence-corrected chi connectivity index (χ0v) is 9.91. The van der Waals surface area contributed by atoms with Gasteiger partial charge in [-0.25, -0.2) is 4.39 Å². The number of alkyl halides is 1. The molecule has 17 heavy (non-hydrogen) atoms. The summed E-state index contributed by atoms with van der Waals surface area (Å²) in [6.45, 7) is 0. The number of nitrogens with zero attached hydrogens (tertiary/aromatic N) is 2. The molecule has 1 heterocycles. The van der Waals surface area contributed by atoms with Crippen LogP contribution in [0, 0.1) is 5.82 Å². The molecule has 2 rings (SSSR count). The molecule has 0 saturated carbocycles. The van der Waals surface area contributed by atoms with E-state index < -0.39 is 5.82 Å². The Bertz CT molecular complexity index is 516. The minimum absolute atomic E-state index is 0.186. The van der Waals surface area contributed by atoms with E-state index in [1.807, 2.05) is 0 Å². The highest BCUT2D eigenvalue weighted by Gasteiger charge is 2.06. The molecule has 0 saturated heterocycles. The van der Waals surface area contributed by atoms with E-state index in [9.17, 15) is 4.39 Å². The molecule has 0 bridgehead atoms. The van der Waals surface area contributed by atoms with Gasteiger partial charge in [0.25, 0.3) is 0 Å². The fourth-order valence-electron chi connectivity index (χ4n) is 1.39. The van der Waals surface area contributed by atoms with Crippen LogP contribution < -0.4 is 4.74 Å². The first-order valence-electron chi connectivity index (χ1n) is 4.95. The largest absolute Gasteiger partial charge is 0.494 e. The minimum atomic E-state index is -0.401. The Balaban J connectivity index is 2.38. The van der Waals surface area contributed by atoms with Crippen LogP contribution in [0.1, 0.15) is 5.69 Å². The summed E-state index contributed by atoms with van der Waals surface area (Å²) in [5.74, 6) is 0.104. The molecule has 0 spiro atoms. The Morgan fingerprint density at radius 1 is 1.29 bits per heavy atom. The zero-order chi connectivity index (χ0) is 12.3. The number of rotatable bonds is 3. The average molecular weight is 253 g/mol. The number of methoxy groups -OCH3 is 1. The second-order valence-electron chi connectivity index (χ2n) is 3.38. The van der Waals surface area contributed by atoms with E-state index in [4.69, 9.17) is 16.3 Å². The molecule has 0 unspecified atom stereocenters. The Morgan fingerprint density at radius 2 is 2.12 bits per heavy atom. The molecule has 0 N–H and O–H groups in total. The zero-order valence-electron chi connectivity index (χ0n) is 9.15. The van der Waals surface area contributed by atoms with Crippen molar-refractivity contribution < 1.29 is 9.13 Å². The maximum absolute atomic E-state index is 13.2. The van der Waals surface area contributed by atoms with Gasteiger partial charge in [0.05, 0.1) is 36.8 Å². The lowest BCUT2D eigenvalue weighted by Crippen LogP contribution is -1.92. The summed E-state index contributed by atoms with van der Waals surface area (Å²) in [5.41, 5.74) is 2.10. The summed E-state index contributed by atoms with van der Waals surface area (Å²) < 4.78 is 18.1. The minimum Gasteiger partial charge on any atom is -0.494 e. The third-order valence-corrected chi connectivity index (χ3v) is 2.56. The van der Waals surface area contributed by atoms with Crippen LogP contribution in [0.2, 0.25) is 0 Å². The summed E-state index contributed by atoms with van der Waals surface area (Å²) in [7, 11) is 1.42. The average Bonchev–Trinajstić information content (AvgIpc) is 2.39. The highest BCUT2D eigenvalue weighted by atomic mass is 35.5. The predicted octanol–water partition coefficient (Wildman–Crippen LogP) is 3.03. The van der Waals surface area contributed by atoms with Gasteiger partial charge in [0, 0.05) is 5.56 Å². The fraction of sp³-hybridized carbons (Fsp3) is 0.167.